The Bertz CT molecular complexity index is 500. The summed E-state index contributed by atoms with van der Waals surface area (Å²) >= 11 is 0. The molecule has 1 fully saturated rings. The van der Waals surface area contributed by atoms with Gasteiger partial charge in [-0.15, -0.1) is 0 Å². The Kier molecular flexibility index (Phi) is 5.62. The van der Waals surface area contributed by atoms with Crippen molar-refractivity contribution in [2.24, 2.45) is 16.8 Å². The standard InChI is InChI=1S/C17H26N2O2/c1-3-13-6-4-5-7-16(13)21-11-15-9-8-14(10-12(15)2)17(18)19-20/h8-10,13,16,20H,3-7,11H2,1-2H3,(H2,18,19). The molecule has 21 heavy (non-hydrogen) atoms. The second-order valence-corrected chi connectivity index (χ2v) is 5.93. The van der Waals surface area contributed by atoms with Gasteiger partial charge in [0.2, 0.25) is 0 Å². The molecule has 1 aliphatic carbocycles. The van der Waals surface area contributed by atoms with Crippen molar-refractivity contribution in [3.8, 4) is 0 Å². The predicted molar refractivity (Wildman–Crippen MR) is 84.5 cm³/mol. The number of hydrogen-bond acceptors (Lipinski definition) is 3. The minimum atomic E-state index is 0.142. The van der Waals surface area contributed by atoms with E-state index in [-0.39, 0.29) is 5.84 Å². The molecule has 1 aromatic rings. The van der Waals surface area contributed by atoms with Crippen LogP contribution in [0.4, 0.5) is 0 Å². The molecule has 3 N–H and O–H groups in total. The van der Waals surface area contributed by atoms with Gasteiger partial charge >= 0.3 is 0 Å². The second kappa shape index (κ2) is 7.46. The number of nitrogens with zero attached hydrogens (tertiary/aromatic N) is 1. The van der Waals surface area contributed by atoms with Gasteiger partial charge in [0.05, 0.1) is 12.7 Å². The molecule has 1 saturated carbocycles. The number of amidine groups is 1. The zero-order chi connectivity index (χ0) is 15.2. The highest BCUT2D eigenvalue weighted by atomic mass is 16.5. The minimum Gasteiger partial charge on any atom is -0.409 e. The smallest absolute Gasteiger partial charge is 0.170 e. The lowest BCUT2D eigenvalue weighted by atomic mass is 9.85. The Hall–Kier alpha value is -1.55. The first-order chi connectivity index (χ1) is 10.2. The maximum atomic E-state index is 8.72. The number of benzene rings is 1. The van der Waals surface area contributed by atoms with Gasteiger partial charge in [0.25, 0.3) is 0 Å². The Morgan fingerprint density at radius 3 is 2.81 bits per heavy atom. The summed E-state index contributed by atoms with van der Waals surface area (Å²) in [7, 11) is 0. The van der Waals surface area contributed by atoms with Crippen LogP contribution in [0.15, 0.2) is 23.4 Å². The quantitative estimate of drug-likeness (QED) is 0.377. The zero-order valence-electron chi connectivity index (χ0n) is 13.0. The minimum absolute atomic E-state index is 0.142. The first-order valence-corrected chi connectivity index (χ1v) is 7.84. The molecular formula is C17H26N2O2. The third-order valence-corrected chi connectivity index (χ3v) is 4.56. The van der Waals surface area contributed by atoms with E-state index in [1.807, 2.05) is 25.1 Å². The van der Waals surface area contributed by atoms with Gasteiger partial charge in [-0.25, -0.2) is 0 Å². The lowest BCUT2D eigenvalue weighted by molar-refractivity contribution is -0.0223. The monoisotopic (exact) mass is 290 g/mol. The number of ether oxygens (including phenoxy) is 1. The fraction of sp³-hybridized carbons (Fsp3) is 0.588. The van der Waals surface area contributed by atoms with Crippen molar-refractivity contribution in [2.45, 2.75) is 58.7 Å². The van der Waals surface area contributed by atoms with E-state index in [1.165, 1.54) is 37.7 Å². The van der Waals surface area contributed by atoms with Gasteiger partial charge in [0, 0.05) is 5.56 Å². The molecule has 0 saturated heterocycles. The van der Waals surface area contributed by atoms with Crippen LogP contribution in [0.5, 0.6) is 0 Å². The predicted octanol–water partition coefficient (Wildman–Crippen LogP) is 3.57. The molecule has 4 nitrogen and oxygen atoms in total. The van der Waals surface area contributed by atoms with E-state index in [2.05, 4.69) is 12.1 Å². The Morgan fingerprint density at radius 1 is 1.38 bits per heavy atom. The van der Waals surface area contributed by atoms with Crippen molar-refractivity contribution in [1.82, 2.24) is 0 Å². The molecule has 2 atom stereocenters. The fourth-order valence-corrected chi connectivity index (χ4v) is 3.13. The summed E-state index contributed by atoms with van der Waals surface area (Å²) in [5.41, 5.74) is 8.63. The normalized spacial score (nSPS) is 23.2. The number of oxime groups is 1. The van der Waals surface area contributed by atoms with Crippen LogP contribution >= 0.6 is 0 Å². The number of rotatable bonds is 5. The third-order valence-electron chi connectivity index (χ3n) is 4.56. The average Bonchev–Trinajstić information content (AvgIpc) is 2.53. The van der Waals surface area contributed by atoms with E-state index in [4.69, 9.17) is 15.7 Å². The van der Waals surface area contributed by atoms with Crippen molar-refractivity contribution >= 4 is 5.84 Å². The summed E-state index contributed by atoms with van der Waals surface area (Å²) in [5.74, 6) is 0.847. The van der Waals surface area contributed by atoms with Crippen LogP contribution in [0, 0.1) is 12.8 Å². The highest BCUT2D eigenvalue weighted by Gasteiger charge is 2.24. The third kappa shape index (κ3) is 3.97. The van der Waals surface area contributed by atoms with Crippen LogP contribution in [0.2, 0.25) is 0 Å². The van der Waals surface area contributed by atoms with Gasteiger partial charge in [-0.2, -0.15) is 0 Å². The largest absolute Gasteiger partial charge is 0.409 e. The summed E-state index contributed by atoms with van der Waals surface area (Å²) < 4.78 is 6.17. The molecular weight excluding hydrogens is 264 g/mol. The lowest BCUT2D eigenvalue weighted by Crippen LogP contribution is -2.27. The molecule has 1 aromatic carbocycles. The maximum Gasteiger partial charge on any atom is 0.170 e. The molecule has 0 radical (unpaired) electrons. The van der Waals surface area contributed by atoms with Gasteiger partial charge in [-0.1, -0.05) is 43.5 Å². The Balaban J connectivity index is 2.00. The van der Waals surface area contributed by atoms with E-state index >= 15 is 0 Å². The number of hydrogen-bond donors (Lipinski definition) is 2. The molecule has 116 valence electrons. The fourth-order valence-electron chi connectivity index (χ4n) is 3.13. The van der Waals surface area contributed by atoms with Crippen molar-refractivity contribution in [3.63, 3.8) is 0 Å². The molecule has 2 rings (SSSR count). The average molecular weight is 290 g/mol. The number of aryl methyl sites for hydroxylation is 1. The molecule has 1 aliphatic rings. The van der Waals surface area contributed by atoms with Gasteiger partial charge in [0.1, 0.15) is 0 Å². The van der Waals surface area contributed by atoms with Crippen molar-refractivity contribution in [3.05, 3.63) is 34.9 Å². The van der Waals surface area contributed by atoms with Crippen LogP contribution < -0.4 is 5.73 Å². The van der Waals surface area contributed by atoms with E-state index in [0.717, 1.165) is 11.1 Å². The Morgan fingerprint density at radius 2 is 2.14 bits per heavy atom. The Labute approximate surface area is 127 Å². The van der Waals surface area contributed by atoms with Gasteiger partial charge in [-0.3, -0.25) is 0 Å². The number of nitrogens with two attached hydrogens (primary N) is 1. The molecule has 0 spiro atoms. The first kappa shape index (κ1) is 15.8. The topological polar surface area (TPSA) is 67.8 Å². The van der Waals surface area contributed by atoms with Crippen molar-refractivity contribution in [1.29, 1.82) is 0 Å². The summed E-state index contributed by atoms with van der Waals surface area (Å²) in [6.45, 7) is 4.93. The molecule has 0 bridgehead atoms. The molecule has 0 heterocycles. The van der Waals surface area contributed by atoms with E-state index in [9.17, 15) is 0 Å². The van der Waals surface area contributed by atoms with E-state index in [0.29, 0.717) is 18.6 Å². The van der Waals surface area contributed by atoms with Gasteiger partial charge < -0.3 is 15.7 Å². The highest BCUT2D eigenvalue weighted by molar-refractivity contribution is 5.97. The first-order valence-electron chi connectivity index (χ1n) is 7.84. The van der Waals surface area contributed by atoms with Gasteiger partial charge in [0.15, 0.2) is 5.84 Å². The molecule has 2 unspecified atom stereocenters. The summed E-state index contributed by atoms with van der Waals surface area (Å²) in [5, 5.41) is 11.7. The second-order valence-electron chi connectivity index (χ2n) is 5.93. The zero-order valence-corrected chi connectivity index (χ0v) is 13.0. The van der Waals surface area contributed by atoms with Crippen molar-refractivity contribution in [2.75, 3.05) is 0 Å². The maximum absolute atomic E-state index is 8.72. The molecule has 0 aromatic heterocycles. The van der Waals surface area contributed by atoms with Crippen LogP contribution in [-0.2, 0) is 11.3 Å². The van der Waals surface area contributed by atoms with Crippen LogP contribution in [-0.4, -0.2) is 17.1 Å². The summed E-state index contributed by atoms with van der Waals surface area (Å²) in [6, 6.07) is 5.82. The van der Waals surface area contributed by atoms with Gasteiger partial charge in [-0.05, 0) is 42.9 Å². The van der Waals surface area contributed by atoms with E-state index in [1.54, 1.807) is 0 Å². The van der Waals surface area contributed by atoms with E-state index < -0.39 is 0 Å². The SMILES string of the molecule is CCC1CCCCC1OCc1ccc(/C(N)=N/O)cc1C. The summed E-state index contributed by atoms with van der Waals surface area (Å²) in [6.07, 6.45) is 6.69. The van der Waals surface area contributed by atoms with Crippen LogP contribution in [0.25, 0.3) is 0 Å². The summed E-state index contributed by atoms with van der Waals surface area (Å²) in [4.78, 5) is 0. The van der Waals surface area contributed by atoms with Crippen molar-refractivity contribution < 1.29 is 9.94 Å². The lowest BCUT2D eigenvalue weighted by Gasteiger charge is -2.31. The molecule has 0 amide bonds. The molecule has 0 aliphatic heterocycles. The molecule has 4 heteroatoms. The van der Waals surface area contributed by atoms with Crippen LogP contribution in [0.1, 0.15) is 55.7 Å². The van der Waals surface area contributed by atoms with Crippen LogP contribution in [0.3, 0.4) is 0 Å². The highest BCUT2D eigenvalue weighted by Crippen LogP contribution is 2.30.